The van der Waals surface area contributed by atoms with Crippen LogP contribution in [0.4, 0.5) is 0 Å². The van der Waals surface area contributed by atoms with E-state index in [9.17, 15) is 9.90 Å². The van der Waals surface area contributed by atoms with E-state index in [1.165, 1.54) is 83.5 Å². The lowest BCUT2D eigenvalue weighted by molar-refractivity contribution is -0.917. The Morgan fingerprint density at radius 2 is 1.18 bits per heavy atom. The van der Waals surface area contributed by atoms with Crippen molar-refractivity contribution in [2.75, 3.05) is 27.2 Å². The average Bonchev–Trinajstić information content (AvgIpc) is 2.74. The van der Waals surface area contributed by atoms with Gasteiger partial charge in [0.2, 0.25) is 5.91 Å². The molecule has 0 rings (SSSR count). The van der Waals surface area contributed by atoms with Crippen LogP contribution in [-0.2, 0) is 4.79 Å². The lowest BCUT2D eigenvalue weighted by Crippen LogP contribution is -2.58. The summed E-state index contributed by atoms with van der Waals surface area (Å²) in [5, 5.41) is 27.1. The summed E-state index contributed by atoms with van der Waals surface area (Å²) in [6.45, 7) is 5.19. The van der Waals surface area contributed by atoms with Gasteiger partial charge in [-0.1, -0.05) is 104 Å². The number of quaternary nitrogens is 1. The topological polar surface area (TPSA) is 116 Å². The number of carbonyl (C=O) groups excluding carboxylic acids is 1. The van der Waals surface area contributed by atoms with Gasteiger partial charge in [0.15, 0.2) is 6.17 Å². The summed E-state index contributed by atoms with van der Waals surface area (Å²) in [5.74, 6) is 0.163. The van der Waals surface area contributed by atoms with Crippen LogP contribution < -0.4 is 5.32 Å². The molecule has 8 heteroatoms. The fourth-order valence-corrected chi connectivity index (χ4v) is 4.10. The van der Waals surface area contributed by atoms with Crippen molar-refractivity contribution in [3.63, 3.8) is 0 Å². The summed E-state index contributed by atoms with van der Waals surface area (Å²) in [4.78, 5) is 20.5. The van der Waals surface area contributed by atoms with Crippen LogP contribution >= 0.6 is 0 Å². The number of hydrogen-bond acceptors (Lipinski definition) is 5. The second-order valence-electron chi connectivity index (χ2n) is 9.64. The van der Waals surface area contributed by atoms with Crippen molar-refractivity contribution in [3.8, 4) is 0 Å². The minimum atomic E-state index is -1.75. The van der Waals surface area contributed by atoms with E-state index >= 15 is 0 Å². The fraction of sp³-hybridized carbons (Fsp3) is 0.960. The highest BCUT2D eigenvalue weighted by Gasteiger charge is 2.27. The standard InChI is InChI=1S/C25H52N2O2.NO3/c1-5-7-8-9-10-11-12-13-14-15-16-17-18-19-20-21-25(29)26-24(6-2)27(3,4)22-23-28;2-1(3)4/h24,28H,5-23H2,1-4H3;/q;-1/p+1. The predicted molar refractivity (Wildman–Crippen MR) is 136 cm³/mol. The van der Waals surface area contributed by atoms with Gasteiger partial charge in [-0.25, -0.2) is 0 Å². The fourth-order valence-electron chi connectivity index (χ4n) is 4.10. The summed E-state index contributed by atoms with van der Waals surface area (Å²) in [6, 6.07) is 0. The average molecular weight is 476 g/mol. The number of unbranched alkanes of at least 4 members (excludes halogenated alkanes) is 14. The van der Waals surface area contributed by atoms with Crippen LogP contribution in [0.15, 0.2) is 0 Å². The summed E-state index contributed by atoms with van der Waals surface area (Å²) in [5.41, 5.74) is 0. The first-order chi connectivity index (χ1) is 15.7. The molecule has 0 aromatic rings. The number of nitrogens with one attached hydrogen (secondary N) is 1. The molecule has 0 spiro atoms. The smallest absolute Gasteiger partial charge is 0.224 e. The Kier molecular flexibility index (Phi) is 24.3. The van der Waals surface area contributed by atoms with E-state index in [2.05, 4.69) is 33.3 Å². The van der Waals surface area contributed by atoms with E-state index < -0.39 is 5.09 Å². The molecule has 0 radical (unpaired) electrons. The number of hydrogen-bond donors (Lipinski definition) is 2. The molecule has 0 saturated heterocycles. The van der Waals surface area contributed by atoms with Crippen LogP contribution in [0, 0.1) is 15.3 Å². The monoisotopic (exact) mass is 475 g/mol. The van der Waals surface area contributed by atoms with Gasteiger partial charge < -0.3 is 30.2 Å². The molecule has 1 amide bonds. The van der Waals surface area contributed by atoms with Gasteiger partial charge in [-0.15, -0.1) is 0 Å². The maximum atomic E-state index is 12.2. The minimum Gasteiger partial charge on any atom is -0.391 e. The molecular formula is C25H53N3O5. The molecule has 8 nitrogen and oxygen atoms in total. The van der Waals surface area contributed by atoms with Crippen molar-refractivity contribution in [1.82, 2.24) is 5.32 Å². The Morgan fingerprint density at radius 1 is 0.818 bits per heavy atom. The quantitative estimate of drug-likeness (QED) is 0.0701. The van der Waals surface area contributed by atoms with Crippen molar-refractivity contribution in [1.29, 1.82) is 0 Å². The molecule has 198 valence electrons. The van der Waals surface area contributed by atoms with E-state index in [-0.39, 0.29) is 18.7 Å². The number of rotatable bonds is 21. The van der Waals surface area contributed by atoms with Crippen LogP contribution in [0.1, 0.15) is 123 Å². The molecule has 0 fully saturated rings. The van der Waals surface area contributed by atoms with Gasteiger partial charge in [0.1, 0.15) is 6.54 Å². The lowest BCUT2D eigenvalue weighted by atomic mass is 10.0. The first-order valence-corrected chi connectivity index (χ1v) is 13.3. The van der Waals surface area contributed by atoms with E-state index in [1.54, 1.807) is 0 Å². The van der Waals surface area contributed by atoms with Crippen molar-refractivity contribution in [2.45, 2.75) is 129 Å². The Morgan fingerprint density at radius 3 is 1.52 bits per heavy atom. The second-order valence-corrected chi connectivity index (χ2v) is 9.64. The highest BCUT2D eigenvalue weighted by atomic mass is 16.9. The van der Waals surface area contributed by atoms with Gasteiger partial charge in [-0.2, -0.15) is 0 Å². The Balaban J connectivity index is 0. The normalized spacial score (nSPS) is 12.0. The van der Waals surface area contributed by atoms with Crippen LogP contribution in [-0.4, -0.2) is 54.0 Å². The predicted octanol–water partition coefficient (Wildman–Crippen LogP) is 5.93. The summed E-state index contributed by atoms with van der Waals surface area (Å²) in [7, 11) is 4.14. The molecule has 0 bridgehead atoms. The third kappa shape index (κ3) is 25.1. The molecule has 0 aromatic carbocycles. The maximum absolute atomic E-state index is 12.2. The molecule has 0 saturated carbocycles. The number of nitrogens with zero attached hydrogens (tertiary/aromatic N) is 2. The van der Waals surface area contributed by atoms with Crippen LogP contribution in [0.5, 0.6) is 0 Å². The highest BCUT2D eigenvalue weighted by Crippen LogP contribution is 2.14. The molecular weight excluding hydrogens is 422 g/mol. The molecule has 0 heterocycles. The van der Waals surface area contributed by atoms with E-state index in [1.807, 2.05) is 0 Å². The molecule has 0 aliphatic rings. The molecule has 33 heavy (non-hydrogen) atoms. The van der Waals surface area contributed by atoms with Gasteiger partial charge in [0.05, 0.1) is 25.8 Å². The number of amides is 1. The van der Waals surface area contributed by atoms with Gasteiger partial charge in [-0.05, 0) is 6.42 Å². The van der Waals surface area contributed by atoms with Gasteiger partial charge in [0.25, 0.3) is 0 Å². The largest absolute Gasteiger partial charge is 0.391 e. The van der Waals surface area contributed by atoms with Gasteiger partial charge in [0, 0.05) is 12.8 Å². The molecule has 2 N–H and O–H groups in total. The lowest BCUT2D eigenvalue weighted by Gasteiger charge is -2.37. The van der Waals surface area contributed by atoms with E-state index in [0.29, 0.717) is 17.4 Å². The van der Waals surface area contributed by atoms with Gasteiger partial charge in [-0.3, -0.25) is 4.79 Å². The SMILES string of the molecule is CCCCCCCCCCCCCCCCCC(=O)NC(CC)[N+](C)(C)CCO.O=[N+]([O-])[O-]. The second kappa shape index (κ2) is 23.7. The zero-order valence-electron chi connectivity index (χ0n) is 22.0. The molecule has 0 aliphatic carbocycles. The Labute approximate surface area is 202 Å². The number of aliphatic hydroxyl groups excluding tert-OH is 1. The van der Waals surface area contributed by atoms with Crippen LogP contribution in [0.3, 0.4) is 0 Å². The number of likely N-dealkylation sites (N-methyl/N-ethyl adjacent to an activating group) is 1. The van der Waals surface area contributed by atoms with Crippen molar-refractivity contribution in [3.05, 3.63) is 15.3 Å². The molecule has 0 aromatic heterocycles. The zero-order chi connectivity index (χ0) is 25.4. The zero-order valence-corrected chi connectivity index (χ0v) is 22.0. The van der Waals surface area contributed by atoms with Gasteiger partial charge >= 0.3 is 0 Å². The maximum Gasteiger partial charge on any atom is 0.224 e. The first-order valence-electron chi connectivity index (χ1n) is 13.3. The highest BCUT2D eigenvalue weighted by molar-refractivity contribution is 5.75. The third-order valence-electron chi connectivity index (χ3n) is 6.24. The van der Waals surface area contributed by atoms with Crippen LogP contribution in [0.2, 0.25) is 0 Å². The first kappa shape index (κ1) is 33.8. The molecule has 1 atom stereocenters. The Hall–Kier alpha value is -1.41. The molecule has 0 aliphatic heterocycles. The van der Waals surface area contributed by atoms with Crippen LogP contribution in [0.25, 0.3) is 0 Å². The summed E-state index contributed by atoms with van der Waals surface area (Å²) >= 11 is 0. The minimum absolute atomic E-state index is 0.0889. The van der Waals surface area contributed by atoms with Crippen molar-refractivity contribution in [2.24, 2.45) is 0 Å². The van der Waals surface area contributed by atoms with Crippen molar-refractivity contribution >= 4 is 5.91 Å². The van der Waals surface area contributed by atoms with E-state index in [0.717, 1.165) is 19.3 Å². The molecule has 1 unspecified atom stereocenters. The number of aliphatic hydroxyl groups is 1. The Bertz CT molecular complexity index is 457. The van der Waals surface area contributed by atoms with Crippen molar-refractivity contribution < 1.29 is 19.5 Å². The summed E-state index contributed by atoms with van der Waals surface area (Å²) < 4.78 is 0.637. The third-order valence-corrected chi connectivity index (χ3v) is 6.24. The summed E-state index contributed by atoms with van der Waals surface area (Å²) in [6.07, 6.45) is 21.8. The number of carbonyl (C=O) groups is 1. The van der Waals surface area contributed by atoms with E-state index in [4.69, 9.17) is 15.3 Å².